The van der Waals surface area contributed by atoms with Gasteiger partial charge in [0.05, 0.1) is 10.6 Å². The molecule has 0 spiro atoms. The van der Waals surface area contributed by atoms with Gasteiger partial charge in [0, 0.05) is 43.3 Å². The third kappa shape index (κ3) is 5.63. The molecule has 2 aliphatic heterocycles. The zero-order valence-corrected chi connectivity index (χ0v) is 19.9. The van der Waals surface area contributed by atoms with Crippen LogP contribution in [0.1, 0.15) is 32.6 Å². The van der Waals surface area contributed by atoms with Crippen molar-refractivity contribution in [3.63, 3.8) is 0 Å². The monoisotopic (exact) mass is 514 g/mol. The van der Waals surface area contributed by atoms with Crippen molar-refractivity contribution in [1.82, 2.24) is 9.88 Å². The second kappa shape index (κ2) is 9.21. The van der Waals surface area contributed by atoms with Crippen molar-refractivity contribution in [2.45, 2.75) is 68.0 Å². The first-order chi connectivity index (χ1) is 16.3. The van der Waals surface area contributed by atoms with E-state index in [1.807, 2.05) is 0 Å². The van der Waals surface area contributed by atoms with Gasteiger partial charge in [-0.15, -0.1) is 0 Å². The number of H-pyrrole nitrogens is 1. The summed E-state index contributed by atoms with van der Waals surface area (Å²) in [5.41, 5.74) is 0.629. The molecule has 3 unspecified atom stereocenters. The van der Waals surface area contributed by atoms with Crippen LogP contribution in [-0.4, -0.2) is 61.1 Å². The highest BCUT2D eigenvalue weighted by Gasteiger charge is 2.47. The Kier molecular flexibility index (Phi) is 6.60. The number of alkyl halides is 3. The lowest BCUT2D eigenvalue weighted by molar-refractivity contribution is -0.200. The molecular weight excluding hydrogens is 489 g/mol. The van der Waals surface area contributed by atoms with Gasteiger partial charge in [0.2, 0.25) is 0 Å². The summed E-state index contributed by atoms with van der Waals surface area (Å²) in [7, 11) is -3.36. The summed E-state index contributed by atoms with van der Waals surface area (Å²) in [6, 6.07) is 8.36. The number of ether oxygens (including phenoxy) is 2. The molecule has 2 bridgehead atoms. The largest absolute Gasteiger partial charge is 0.490 e. The van der Waals surface area contributed by atoms with Crippen LogP contribution < -0.4 is 10.3 Å². The number of rotatable bonds is 5. The first-order valence-corrected chi connectivity index (χ1v) is 13.0. The van der Waals surface area contributed by atoms with Gasteiger partial charge in [-0.3, -0.25) is 4.79 Å². The van der Waals surface area contributed by atoms with Crippen LogP contribution >= 0.6 is 0 Å². The van der Waals surface area contributed by atoms with E-state index in [2.05, 4.69) is 9.72 Å². The number of sulfone groups is 1. The van der Waals surface area contributed by atoms with Crippen LogP contribution in [0, 0.1) is 0 Å². The van der Waals surface area contributed by atoms with E-state index in [4.69, 9.17) is 4.74 Å². The minimum Gasteiger partial charge on any atom is -0.490 e. The number of fused-ring (bicyclic) bond motifs is 2. The van der Waals surface area contributed by atoms with Gasteiger partial charge >= 0.3 is 12.3 Å². The number of halogens is 3. The summed E-state index contributed by atoms with van der Waals surface area (Å²) < 4.78 is 72.4. The highest BCUT2D eigenvalue weighted by molar-refractivity contribution is 7.90. The third-order valence-electron chi connectivity index (χ3n) is 6.35. The van der Waals surface area contributed by atoms with E-state index in [1.54, 1.807) is 18.2 Å². The second-order valence-corrected chi connectivity index (χ2v) is 11.0. The maximum Gasteiger partial charge on any atom is 0.425 e. The number of pyridine rings is 1. The van der Waals surface area contributed by atoms with E-state index >= 15 is 0 Å². The Morgan fingerprint density at radius 3 is 2.26 bits per heavy atom. The van der Waals surface area contributed by atoms with Crippen molar-refractivity contribution in [1.29, 1.82) is 0 Å². The molecule has 3 heterocycles. The van der Waals surface area contributed by atoms with Gasteiger partial charge in [-0.05, 0) is 37.5 Å². The van der Waals surface area contributed by atoms with Crippen molar-refractivity contribution in [2.24, 2.45) is 0 Å². The molecule has 2 fully saturated rings. The average Bonchev–Trinajstić information content (AvgIpc) is 3.03. The Morgan fingerprint density at radius 1 is 1.11 bits per heavy atom. The van der Waals surface area contributed by atoms with E-state index in [1.165, 1.54) is 23.1 Å². The lowest BCUT2D eigenvalue weighted by Crippen LogP contribution is -2.50. The quantitative estimate of drug-likeness (QED) is 0.649. The number of hydrogen-bond acceptors (Lipinski definition) is 6. The molecule has 1 N–H and O–H groups in total. The van der Waals surface area contributed by atoms with Crippen molar-refractivity contribution < 1.29 is 35.9 Å². The molecular formula is C23H25F3N2O6S. The summed E-state index contributed by atoms with van der Waals surface area (Å²) in [6.07, 6.45) is -4.96. The maximum atomic E-state index is 12.8. The highest BCUT2D eigenvalue weighted by atomic mass is 32.2. The number of carbonyl (C=O) groups excluding carboxylic acids is 1. The Bertz CT molecular complexity index is 1250. The average molecular weight is 515 g/mol. The van der Waals surface area contributed by atoms with Gasteiger partial charge in [0.1, 0.15) is 11.9 Å². The number of piperidine rings is 1. The molecule has 1 aromatic heterocycles. The molecule has 12 heteroatoms. The highest BCUT2D eigenvalue weighted by Crippen LogP contribution is 2.38. The molecule has 8 nitrogen and oxygen atoms in total. The third-order valence-corrected chi connectivity index (χ3v) is 7.48. The molecule has 0 aliphatic carbocycles. The van der Waals surface area contributed by atoms with Gasteiger partial charge in [0.15, 0.2) is 15.9 Å². The molecule has 4 rings (SSSR count). The predicted molar refractivity (Wildman–Crippen MR) is 120 cm³/mol. The minimum absolute atomic E-state index is 0.154. The van der Waals surface area contributed by atoms with Crippen LogP contribution in [0.4, 0.5) is 18.0 Å². The molecule has 1 amide bonds. The van der Waals surface area contributed by atoms with Crippen molar-refractivity contribution in [2.75, 3.05) is 6.26 Å². The molecule has 3 atom stereocenters. The lowest BCUT2D eigenvalue weighted by atomic mass is 10.00. The summed E-state index contributed by atoms with van der Waals surface area (Å²) in [5.74, 6) is 0.307. The van der Waals surface area contributed by atoms with E-state index in [-0.39, 0.29) is 23.1 Å². The molecule has 1 aromatic carbocycles. The summed E-state index contributed by atoms with van der Waals surface area (Å²) in [4.78, 5) is 28.9. The van der Waals surface area contributed by atoms with Crippen molar-refractivity contribution in [3.05, 3.63) is 46.8 Å². The van der Waals surface area contributed by atoms with Crippen LogP contribution in [0.5, 0.6) is 5.75 Å². The summed E-state index contributed by atoms with van der Waals surface area (Å²) in [5, 5.41) is 0. The first-order valence-electron chi connectivity index (χ1n) is 11.1. The fourth-order valence-electron chi connectivity index (χ4n) is 4.62. The number of carbonyl (C=O) groups is 1. The summed E-state index contributed by atoms with van der Waals surface area (Å²) in [6.45, 7) is 0.800. The topological polar surface area (TPSA) is 106 Å². The Morgan fingerprint density at radius 2 is 1.71 bits per heavy atom. The Hall–Kier alpha value is -3.02. The van der Waals surface area contributed by atoms with E-state index in [0.717, 1.165) is 13.2 Å². The second-order valence-electron chi connectivity index (χ2n) is 8.96. The van der Waals surface area contributed by atoms with E-state index in [9.17, 15) is 31.2 Å². The fourth-order valence-corrected chi connectivity index (χ4v) is 5.25. The van der Waals surface area contributed by atoms with Gasteiger partial charge < -0.3 is 19.4 Å². The number of hydrogen-bond donors (Lipinski definition) is 1. The molecule has 2 aliphatic rings. The van der Waals surface area contributed by atoms with Gasteiger partial charge in [0.25, 0.3) is 5.56 Å². The minimum atomic E-state index is -4.63. The zero-order chi connectivity index (χ0) is 25.5. The molecule has 2 aromatic rings. The standard InChI is InChI=1S/C23H25F3N2O6S/c1-13(23(24,25)26)33-22(30)28-15-5-6-16(28)10-17(9-15)34-18-11-20(27-21(29)12-18)14-3-7-19(8-4-14)35(2,31)32/h3-4,7-8,11-13,15-17H,5-6,9-10H2,1-2H3,(H,27,29). The number of aromatic amines is 1. The Labute approximate surface area is 200 Å². The first kappa shape index (κ1) is 25.1. The van der Waals surface area contributed by atoms with Crippen molar-refractivity contribution in [3.8, 4) is 17.0 Å². The van der Waals surface area contributed by atoms with Gasteiger partial charge in [-0.1, -0.05) is 12.1 Å². The van der Waals surface area contributed by atoms with E-state index in [0.29, 0.717) is 42.7 Å². The van der Waals surface area contributed by atoms with Crippen LogP contribution in [0.3, 0.4) is 0 Å². The van der Waals surface area contributed by atoms with Gasteiger partial charge in [-0.25, -0.2) is 13.2 Å². The molecule has 2 saturated heterocycles. The number of aromatic nitrogens is 1. The molecule has 0 saturated carbocycles. The fraction of sp³-hybridized carbons (Fsp3) is 0.478. The Balaban J connectivity index is 1.45. The van der Waals surface area contributed by atoms with Crippen LogP contribution in [0.15, 0.2) is 46.1 Å². The van der Waals surface area contributed by atoms with Crippen LogP contribution in [-0.2, 0) is 14.6 Å². The maximum absolute atomic E-state index is 12.8. The number of nitrogens with zero attached hydrogens (tertiary/aromatic N) is 1. The predicted octanol–water partition coefficient (Wildman–Crippen LogP) is 3.91. The summed E-state index contributed by atoms with van der Waals surface area (Å²) >= 11 is 0. The van der Waals surface area contributed by atoms with Crippen molar-refractivity contribution >= 4 is 15.9 Å². The van der Waals surface area contributed by atoms with Crippen LogP contribution in [0.2, 0.25) is 0 Å². The SMILES string of the molecule is CC(OC(=O)N1C2CCC1CC(Oc1cc(-c3ccc(S(C)(=O)=O)cc3)[nH]c(=O)c1)C2)C(F)(F)F. The molecule has 0 radical (unpaired) electrons. The number of benzene rings is 1. The van der Waals surface area contributed by atoms with Gasteiger partial charge in [-0.2, -0.15) is 13.2 Å². The smallest absolute Gasteiger partial charge is 0.425 e. The zero-order valence-electron chi connectivity index (χ0n) is 19.0. The molecule has 190 valence electrons. The molecule has 35 heavy (non-hydrogen) atoms. The number of amides is 1. The lowest BCUT2D eigenvalue weighted by Gasteiger charge is -2.38. The van der Waals surface area contributed by atoms with Crippen LogP contribution in [0.25, 0.3) is 11.3 Å². The normalized spacial score (nSPS) is 23.1. The number of nitrogens with one attached hydrogen (secondary N) is 1. The van der Waals surface area contributed by atoms with E-state index < -0.39 is 33.8 Å².